The van der Waals surface area contributed by atoms with Gasteiger partial charge >= 0.3 is 5.97 Å². The molecule has 1 unspecified atom stereocenters. The van der Waals surface area contributed by atoms with Crippen LogP contribution < -0.4 is 10.5 Å². The van der Waals surface area contributed by atoms with Crippen LogP contribution in [0.4, 0.5) is 0 Å². The molecule has 0 aliphatic carbocycles. The first kappa shape index (κ1) is 12.2. The van der Waals surface area contributed by atoms with Crippen molar-refractivity contribution in [3.8, 4) is 5.75 Å². The molecule has 92 valence electrons. The van der Waals surface area contributed by atoms with E-state index in [1.807, 2.05) is 6.07 Å². The fourth-order valence-electron chi connectivity index (χ4n) is 2.01. The smallest absolute Gasteiger partial charge is 0.303 e. The second kappa shape index (κ2) is 4.94. The molecule has 17 heavy (non-hydrogen) atoms. The van der Waals surface area contributed by atoms with Crippen molar-refractivity contribution in [1.82, 2.24) is 0 Å². The second-order valence-electron chi connectivity index (χ2n) is 4.12. The van der Waals surface area contributed by atoms with Crippen LogP contribution in [-0.4, -0.2) is 17.7 Å². The number of carboxylic acid groups (broad SMARTS) is 1. The van der Waals surface area contributed by atoms with Gasteiger partial charge in [-0.15, -0.1) is 0 Å². The quantitative estimate of drug-likeness (QED) is 0.865. The van der Waals surface area contributed by atoms with Crippen LogP contribution in [0.3, 0.4) is 0 Å². The maximum atomic E-state index is 10.5. The van der Waals surface area contributed by atoms with Gasteiger partial charge in [-0.05, 0) is 24.1 Å². The molecule has 0 aromatic heterocycles. The summed E-state index contributed by atoms with van der Waals surface area (Å²) in [7, 11) is 0. The summed E-state index contributed by atoms with van der Waals surface area (Å²) in [5, 5.41) is 9.26. The Morgan fingerprint density at radius 3 is 3.06 bits per heavy atom. The van der Waals surface area contributed by atoms with Crippen molar-refractivity contribution in [2.24, 2.45) is 5.73 Å². The van der Waals surface area contributed by atoms with Crippen molar-refractivity contribution in [2.75, 3.05) is 6.61 Å². The normalized spacial score (nSPS) is 15.2. The number of benzene rings is 1. The Labute approximate surface area is 104 Å². The summed E-state index contributed by atoms with van der Waals surface area (Å²) in [4.78, 5) is 10.5. The lowest BCUT2D eigenvalue weighted by atomic mass is 9.99. The van der Waals surface area contributed by atoms with Crippen molar-refractivity contribution >= 4 is 17.6 Å². The van der Waals surface area contributed by atoms with E-state index in [1.165, 1.54) is 0 Å². The highest BCUT2D eigenvalue weighted by Crippen LogP contribution is 2.36. The molecular formula is C12H14ClNO3. The highest BCUT2D eigenvalue weighted by atomic mass is 35.5. The molecule has 1 aliphatic rings. The van der Waals surface area contributed by atoms with Gasteiger partial charge in [0.05, 0.1) is 6.61 Å². The fraction of sp³-hybridized carbons (Fsp3) is 0.417. The molecule has 2 rings (SSSR count). The van der Waals surface area contributed by atoms with E-state index in [2.05, 4.69) is 0 Å². The molecule has 3 N–H and O–H groups in total. The Kier molecular flexibility index (Phi) is 3.54. The van der Waals surface area contributed by atoms with Gasteiger partial charge < -0.3 is 15.6 Å². The van der Waals surface area contributed by atoms with Crippen LogP contribution in [-0.2, 0) is 11.2 Å². The van der Waals surface area contributed by atoms with E-state index >= 15 is 0 Å². The number of fused-ring (bicyclic) bond motifs is 1. The summed E-state index contributed by atoms with van der Waals surface area (Å²) in [5.74, 6) is -0.0627. The number of halogens is 1. The molecule has 5 heteroatoms. The Balaban J connectivity index is 2.22. The predicted octanol–water partition coefficient (Wildman–Crippen LogP) is 2.14. The van der Waals surface area contributed by atoms with Gasteiger partial charge in [-0.3, -0.25) is 4.79 Å². The summed E-state index contributed by atoms with van der Waals surface area (Å²) >= 11 is 6.01. The zero-order valence-electron chi connectivity index (χ0n) is 9.28. The second-order valence-corrected chi connectivity index (χ2v) is 4.56. The molecule has 0 bridgehead atoms. The summed E-state index contributed by atoms with van der Waals surface area (Å²) in [5.41, 5.74) is 7.85. The molecule has 0 radical (unpaired) electrons. The molecule has 0 amide bonds. The molecule has 4 nitrogen and oxygen atoms in total. The number of carbonyl (C=O) groups is 1. The number of hydrogen-bond acceptors (Lipinski definition) is 3. The van der Waals surface area contributed by atoms with Crippen LogP contribution in [0.1, 0.15) is 30.0 Å². The maximum Gasteiger partial charge on any atom is 0.303 e. The van der Waals surface area contributed by atoms with E-state index in [1.54, 1.807) is 6.07 Å². The highest BCUT2D eigenvalue weighted by Gasteiger charge is 2.21. The number of ether oxygens (including phenoxy) is 1. The van der Waals surface area contributed by atoms with Crippen LogP contribution >= 0.6 is 11.6 Å². The Hall–Kier alpha value is -1.26. The topological polar surface area (TPSA) is 72.6 Å². The Bertz CT molecular complexity index is 448. The van der Waals surface area contributed by atoms with E-state index < -0.39 is 5.97 Å². The molecule has 1 aromatic rings. The first-order valence-electron chi connectivity index (χ1n) is 5.50. The van der Waals surface area contributed by atoms with E-state index in [0.29, 0.717) is 18.1 Å². The van der Waals surface area contributed by atoms with Gasteiger partial charge in [0, 0.05) is 29.5 Å². The SMILES string of the molecule is NC(CCC(=O)O)c1cc(Cl)cc2c1OCC2. The molecule has 1 atom stereocenters. The van der Waals surface area contributed by atoms with E-state index in [-0.39, 0.29) is 12.5 Å². The zero-order chi connectivity index (χ0) is 12.4. The van der Waals surface area contributed by atoms with Crippen molar-refractivity contribution in [3.05, 3.63) is 28.3 Å². The average molecular weight is 256 g/mol. The van der Waals surface area contributed by atoms with E-state index in [4.69, 9.17) is 27.2 Å². The monoisotopic (exact) mass is 255 g/mol. The fourth-order valence-corrected chi connectivity index (χ4v) is 2.26. The standard InChI is InChI=1S/C12H14ClNO3/c13-8-5-7-3-4-17-12(7)9(6-8)10(14)1-2-11(15)16/h5-6,10H,1-4,14H2,(H,15,16). The van der Waals surface area contributed by atoms with Gasteiger partial charge in [-0.25, -0.2) is 0 Å². The van der Waals surface area contributed by atoms with Crippen LogP contribution in [0, 0.1) is 0 Å². The van der Waals surface area contributed by atoms with Crippen molar-refractivity contribution < 1.29 is 14.6 Å². The van der Waals surface area contributed by atoms with Gasteiger partial charge in [0.2, 0.25) is 0 Å². The first-order valence-corrected chi connectivity index (χ1v) is 5.88. The van der Waals surface area contributed by atoms with Crippen molar-refractivity contribution in [3.63, 3.8) is 0 Å². The maximum absolute atomic E-state index is 10.5. The molecule has 1 aliphatic heterocycles. The first-order chi connectivity index (χ1) is 8.08. The summed E-state index contributed by atoms with van der Waals surface area (Å²) in [6.45, 7) is 0.633. The molecule has 1 aromatic carbocycles. The minimum absolute atomic E-state index is 0.0441. The third-order valence-electron chi connectivity index (χ3n) is 2.85. The molecule has 0 saturated heterocycles. The predicted molar refractivity (Wildman–Crippen MR) is 64.4 cm³/mol. The molecule has 0 spiro atoms. The molecular weight excluding hydrogens is 242 g/mol. The van der Waals surface area contributed by atoms with Crippen LogP contribution in [0.5, 0.6) is 5.75 Å². The van der Waals surface area contributed by atoms with Crippen LogP contribution in [0.15, 0.2) is 12.1 Å². The summed E-state index contributed by atoms with van der Waals surface area (Å²) in [6, 6.07) is 3.28. The lowest BCUT2D eigenvalue weighted by molar-refractivity contribution is -0.137. The number of hydrogen-bond donors (Lipinski definition) is 2. The Morgan fingerprint density at radius 1 is 1.59 bits per heavy atom. The summed E-state index contributed by atoms with van der Waals surface area (Å²) < 4.78 is 5.53. The number of carboxylic acids is 1. The minimum Gasteiger partial charge on any atom is -0.493 e. The average Bonchev–Trinajstić information content (AvgIpc) is 2.72. The largest absolute Gasteiger partial charge is 0.493 e. The summed E-state index contributed by atoms with van der Waals surface area (Å²) in [6.07, 6.45) is 1.25. The number of aliphatic carboxylic acids is 1. The lowest BCUT2D eigenvalue weighted by Crippen LogP contribution is -2.13. The number of rotatable bonds is 4. The molecule has 0 saturated carbocycles. The van der Waals surface area contributed by atoms with Crippen molar-refractivity contribution in [2.45, 2.75) is 25.3 Å². The molecule has 0 fully saturated rings. The van der Waals surface area contributed by atoms with Gasteiger partial charge in [0.15, 0.2) is 0 Å². The van der Waals surface area contributed by atoms with Crippen molar-refractivity contribution in [1.29, 1.82) is 0 Å². The van der Waals surface area contributed by atoms with Gasteiger partial charge in [0.1, 0.15) is 5.75 Å². The minimum atomic E-state index is -0.847. The van der Waals surface area contributed by atoms with Gasteiger partial charge in [0.25, 0.3) is 0 Å². The third kappa shape index (κ3) is 2.70. The van der Waals surface area contributed by atoms with Gasteiger partial charge in [-0.2, -0.15) is 0 Å². The van der Waals surface area contributed by atoms with Gasteiger partial charge in [-0.1, -0.05) is 11.6 Å². The zero-order valence-corrected chi connectivity index (χ0v) is 10.0. The molecule has 1 heterocycles. The van der Waals surface area contributed by atoms with E-state index in [0.717, 1.165) is 23.3 Å². The lowest BCUT2D eigenvalue weighted by Gasteiger charge is -2.15. The van der Waals surface area contributed by atoms with Crippen LogP contribution in [0.2, 0.25) is 5.02 Å². The highest BCUT2D eigenvalue weighted by molar-refractivity contribution is 6.30. The van der Waals surface area contributed by atoms with Crippen LogP contribution in [0.25, 0.3) is 0 Å². The van der Waals surface area contributed by atoms with E-state index in [9.17, 15) is 4.79 Å². The third-order valence-corrected chi connectivity index (χ3v) is 3.06. The number of nitrogens with two attached hydrogens (primary N) is 1. The Morgan fingerprint density at radius 2 is 2.35 bits per heavy atom.